The van der Waals surface area contributed by atoms with Crippen LogP contribution in [0, 0.1) is 0 Å². The number of pyridine rings is 1. The van der Waals surface area contributed by atoms with E-state index in [2.05, 4.69) is 25.8 Å². The maximum absolute atomic E-state index is 9.30. The number of aliphatic hydroxyl groups is 1. The Morgan fingerprint density at radius 1 is 1.47 bits per heavy atom. The highest BCUT2D eigenvalue weighted by molar-refractivity contribution is 9.10. The zero-order valence-electron chi connectivity index (χ0n) is 8.56. The van der Waals surface area contributed by atoms with Crippen LogP contribution < -0.4 is 4.90 Å². The molecule has 1 aromatic rings. The molecule has 15 heavy (non-hydrogen) atoms. The monoisotopic (exact) mass is 270 g/mol. The first kappa shape index (κ1) is 10.9. The summed E-state index contributed by atoms with van der Waals surface area (Å²) >= 11 is 3.37. The normalized spacial score (nSPS) is 21.7. The third-order valence-corrected chi connectivity index (χ3v) is 3.31. The van der Waals surface area contributed by atoms with Crippen molar-refractivity contribution in [2.24, 2.45) is 0 Å². The molecule has 82 valence electrons. The fraction of sp³-hybridized carbons (Fsp3) is 0.545. The van der Waals surface area contributed by atoms with Gasteiger partial charge in [0, 0.05) is 17.2 Å². The molecule has 1 atom stereocenters. The van der Waals surface area contributed by atoms with Crippen LogP contribution in [0.5, 0.6) is 0 Å². The second-order valence-corrected chi connectivity index (χ2v) is 4.78. The van der Waals surface area contributed by atoms with E-state index in [-0.39, 0.29) is 12.6 Å². The zero-order chi connectivity index (χ0) is 10.7. The molecule has 1 aliphatic rings. The first-order chi connectivity index (χ1) is 7.31. The second kappa shape index (κ2) is 4.94. The molecular weight excluding hydrogens is 256 g/mol. The van der Waals surface area contributed by atoms with Crippen LogP contribution in [0.4, 0.5) is 5.82 Å². The van der Waals surface area contributed by atoms with Crippen molar-refractivity contribution < 1.29 is 5.11 Å². The number of hydrogen-bond acceptors (Lipinski definition) is 3. The van der Waals surface area contributed by atoms with Gasteiger partial charge < -0.3 is 10.0 Å². The predicted molar refractivity (Wildman–Crippen MR) is 64.0 cm³/mol. The van der Waals surface area contributed by atoms with E-state index in [9.17, 15) is 5.11 Å². The summed E-state index contributed by atoms with van der Waals surface area (Å²) in [5, 5.41) is 9.30. The Balaban J connectivity index is 2.16. The minimum atomic E-state index is 0.220. The Morgan fingerprint density at radius 2 is 2.33 bits per heavy atom. The Labute approximate surface area is 98.3 Å². The van der Waals surface area contributed by atoms with Crippen LogP contribution in [-0.2, 0) is 0 Å². The van der Waals surface area contributed by atoms with Crippen molar-refractivity contribution >= 4 is 21.7 Å². The van der Waals surface area contributed by atoms with E-state index in [4.69, 9.17) is 0 Å². The summed E-state index contributed by atoms with van der Waals surface area (Å²) in [6.07, 6.45) is 5.26. The number of anilines is 1. The van der Waals surface area contributed by atoms with E-state index in [0.29, 0.717) is 0 Å². The van der Waals surface area contributed by atoms with Crippen LogP contribution in [0.15, 0.2) is 22.8 Å². The molecule has 2 heterocycles. The molecule has 0 unspecified atom stereocenters. The molecule has 0 radical (unpaired) electrons. The highest BCUT2D eigenvalue weighted by Crippen LogP contribution is 2.23. The van der Waals surface area contributed by atoms with Crippen molar-refractivity contribution in [1.29, 1.82) is 0 Å². The lowest BCUT2D eigenvalue weighted by Crippen LogP contribution is -2.42. The van der Waals surface area contributed by atoms with Crippen LogP contribution in [-0.4, -0.2) is 29.3 Å². The number of aromatic nitrogens is 1. The molecule has 1 aliphatic heterocycles. The minimum Gasteiger partial charge on any atom is -0.394 e. The van der Waals surface area contributed by atoms with Gasteiger partial charge in [-0.25, -0.2) is 4.98 Å². The van der Waals surface area contributed by atoms with Gasteiger partial charge in [-0.1, -0.05) is 0 Å². The van der Waals surface area contributed by atoms with Crippen molar-refractivity contribution in [2.75, 3.05) is 18.1 Å². The zero-order valence-corrected chi connectivity index (χ0v) is 10.2. The third kappa shape index (κ3) is 2.49. The molecule has 1 N–H and O–H groups in total. The number of nitrogens with zero attached hydrogens (tertiary/aromatic N) is 2. The molecule has 0 spiro atoms. The molecule has 3 nitrogen and oxygen atoms in total. The van der Waals surface area contributed by atoms with Gasteiger partial charge in [0.25, 0.3) is 0 Å². The van der Waals surface area contributed by atoms with Crippen LogP contribution in [0.3, 0.4) is 0 Å². The fourth-order valence-corrected chi connectivity index (χ4v) is 2.26. The van der Waals surface area contributed by atoms with E-state index in [1.54, 1.807) is 6.20 Å². The number of halogens is 1. The van der Waals surface area contributed by atoms with Crippen molar-refractivity contribution in [3.8, 4) is 0 Å². The summed E-state index contributed by atoms with van der Waals surface area (Å²) < 4.78 is 0.990. The first-order valence-electron chi connectivity index (χ1n) is 5.30. The number of hydrogen-bond donors (Lipinski definition) is 1. The van der Waals surface area contributed by atoms with Gasteiger partial charge >= 0.3 is 0 Å². The molecule has 0 aromatic carbocycles. The Kier molecular flexibility index (Phi) is 3.59. The summed E-state index contributed by atoms with van der Waals surface area (Å²) in [7, 11) is 0. The van der Waals surface area contributed by atoms with Crippen molar-refractivity contribution in [2.45, 2.75) is 25.3 Å². The molecule has 1 saturated heterocycles. The molecule has 2 rings (SSSR count). The maximum Gasteiger partial charge on any atom is 0.128 e. The quantitative estimate of drug-likeness (QED) is 0.895. The predicted octanol–water partition coefficient (Wildman–Crippen LogP) is 2.20. The summed E-state index contributed by atoms with van der Waals surface area (Å²) in [6, 6.07) is 4.23. The number of rotatable bonds is 2. The molecule has 0 amide bonds. The average molecular weight is 271 g/mol. The third-order valence-electron chi connectivity index (χ3n) is 2.84. The summed E-state index contributed by atoms with van der Waals surface area (Å²) in [5.74, 6) is 0.969. The summed E-state index contributed by atoms with van der Waals surface area (Å²) in [5.41, 5.74) is 0. The van der Waals surface area contributed by atoms with Gasteiger partial charge in [-0.2, -0.15) is 0 Å². The Morgan fingerprint density at radius 3 is 3.00 bits per heavy atom. The number of aliphatic hydroxyl groups excluding tert-OH is 1. The van der Waals surface area contributed by atoms with Gasteiger partial charge in [0.15, 0.2) is 0 Å². The first-order valence-corrected chi connectivity index (χ1v) is 6.09. The summed E-state index contributed by atoms with van der Waals surface area (Å²) in [6.45, 7) is 1.22. The highest BCUT2D eigenvalue weighted by atomic mass is 79.9. The molecule has 4 heteroatoms. The van der Waals surface area contributed by atoms with Crippen molar-refractivity contribution in [3.63, 3.8) is 0 Å². The lowest BCUT2D eigenvalue weighted by molar-refractivity contribution is 0.239. The topological polar surface area (TPSA) is 36.4 Å². The molecule has 0 aliphatic carbocycles. The van der Waals surface area contributed by atoms with Gasteiger partial charge in [-0.05, 0) is 47.3 Å². The van der Waals surface area contributed by atoms with Crippen LogP contribution in [0.1, 0.15) is 19.3 Å². The van der Waals surface area contributed by atoms with E-state index >= 15 is 0 Å². The second-order valence-electron chi connectivity index (χ2n) is 3.86. The lowest BCUT2D eigenvalue weighted by atomic mass is 10.0. The lowest BCUT2D eigenvalue weighted by Gasteiger charge is -2.35. The Hall–Kier alpha value is -0.610. The van der Waals surface area contributed by atoms with E-state index in [0.717, 1.165) is 23.3 Å². The molecular formula is C11H15BrN2O. The molecule has 1 fully saturated rings. The van der Waals surface area contributed by atoms with Crippen LogP contribution in [0.2, 0.25) is 0 Å². The molecule has 0 bridgehead atoms. The standard InChI is InChI=1S/C11H15BrN2O/c12-9-4-5-11(13-7-9)14-6-2-1-3-10(14)8-15/h4-5,7,10,15H,1-3,6,8H2/t10-/m1/s1. The largest absolute Gasteiger partial charge is 0.394 e. The highest BCUT2D eigenvalue weighted by Gasteiger charge is 2.22. The summed E-state index contributed by atoms with van der Waals surface area (Å²) in [4.78, 5) is 6.57. The molecule has 0 saturated carbocycles. The smallest absolute Gasteiger partial charge is 0.128 e. The van der Waals surface area contributed by atoms with Gasteiger partial charge in [-0.15, -0.1) is 0 Å². The molecule has 1 aromatic heterocycles. The van der Waals surface area contributed by atoms with Gasteiger partial charge in [0.05, 0.1) is 12.6 Å². The van der Waals surface area contributed by atoms with Crippen LogP contribution in [0.25, 0.3) is 0 Å². The van der Waals surface area contributed by atoms with Crippen LogP contribution >= 0.6 is 15.9 Å². The van der Waals surface area contributed by atoms with Gasteiger partial charge in [-0.3, -0.25) is 0 Å². The van der Waals surface area contributed by atoms with E-state index < -0.39 is 0 Å². The van der Waals surface area contributed by atoms with Crippen molar-refractivity contribution in [3.05, 3.63) is 22.8 Å². The number of piperidine rings is 1. The Bertz CT molecular complexity index is 315. The fourth-order valence-electron chi connectivity index (χ4n) is 2.03. The SMILES string of the molecule is OC[C@H]1CCCCN1c1ccc(Br)cn1. The minimum absolute atomic E-state index is 0.220. The average Bonchev–Trinajstić information content (AvgIpc) is 2.30. The van der Waals surface area contributed by atoms with Crippen molar-refractivity contribution in [1.82, 2.24) is 4.98 Å². The van der Waals surface area contributed by atoms with Gasteiger partial charge in [0.2, 0.25) is 0 Å². The van der Waals surface area contributed by atoms with Gasteiger partial charge in [0.1, 0.15) is 5.82 Å². The maximum atomic E-state index is 9.30. The van der Waals surface area contributed by atoms with E-state index in [1.807, 2.05) is 12.1 Å². The van der Waals surface area contributed by atoms with E-state index in [1.165, 1.54) is 12.8 Å².